The van der Waals surface area contributed by atoms with Crippen LogP contribution in [0.2, 0.25) is 0 Å². The molecule has 31 heavy (non-hydrogen) atoms. The largest absolute Gasteiger partial charge is 0.451 e. The summed E-state index contributed by atoms with van der Waals surface area (Å²) in [5, 5.41) is 3.23. The van der Waals surface area contributed by atoms with E-state index in [0.717, 1.165) is 50.0 Å². The van der Waals surface area contributed by atoms with Crippen molar-refractivity contribution >= 4 is 17.6 Å². The number of ether oxygens (including phenoxy) is 1. The molecule has 2 aliphatic heterocycles. The second-order valence-corrected chi connectivity index (χ2v) is 8.95. The Bertz CT molecular complexity index is 992. The van der Waals surface area contributed by atoms with Gasteiger partial charge in [-0.2, -0.15) is 0 Å². The van der Waals surface area contributed by atoms with E-state index in [4.69, 9.17) is 4.74 Å². The lowest BCUT2D eigenvalue weighted by molar-refractivity contribution is -0.128. The molecule has 5 rings (SSSR count). The normalized spacial score (nSPS) is 25.9. The number of hydrogen-bond acceptors (Lipinski definition) is 4. The highest BCUT2D eigenvalue weighted by Crippen LogP contribution is 2.48. The number of carbonyl (C=O) groups is 2. The van der Waals surface area contributed by atoms with Crippen LogP contribution >= 0.6 is 0 Å². The van der Waals surface area contributed by atoms with Crippen LogP contribution in [0, 0.1) is 11.7 Å². The summed E-state index contributed by atoms with van der Waals surface area (Å²) in [5.74, 6) is -0.405. The summed E-state index contributed by atoms with van der Waals surface area (Å²) in [4.78, 5) is 27.3. The molecule has 2 aromatic carbocycles. The van der Waals surface area contributed by atoms with Gasteiger partial charge in [0.2, 0.25) is 5.91 Å². The van der Waals surface area contributed by atoms with E-state index < -0.39 is 5.60 Å². The molecule has 2 fully saturated rings. The van der Waals surface area contributed by atoms with Crippen molar-refractivity contribution in [3.8, 4) is 0 Å². The van der Waals surface area contributed by atoms with E-state index in [9.17, 15) is 14.0 Å². The number of piperidine rings is 1. The first-order valence-electron chi connectivity index (χ1n) is 11.2. The number of rotatable bonds is 3. The van der Waals surface area contributed by atoms with Gasteiger partial charge >= 0.3 is 5.97 Å². The third-order valence-corrected chi connectivity index (χ3v) is 7.10. The summed E-state index contributed by atoms with van der Waals surface area (Å²) in [5.41, 5.74) is 1.98. The fourth-order valence-electron chi connectivity index (χ4n) is 5.34. The summed E-state index contributed by atoms with van der Waals surface area (Å²) in [6, 6.07) is 14.4. The Balaban J connectivity index is 1.14. The highest BCUT2D eigenvalue weighted by Gasteiger charge is 2.48. The number of anilines is 1. The van der Waals surface area contributed by atoms with Crippen molar-refractivity contribution in [1.82, 2.24) is 5.32 Å². The fraction of sp³-hybridized carbons (Fsp3) is 0.440. The lowest BCUT2D eigenvalue weighted by Crippen LogP contribution is -2.47. The number of fused-ring (bicyclic) bond motifs is 2. The molecule has 3 aliphatic rings. The molecule has 0 radical (unpaired) electrons. The van der Waals surface area contributed by atoms with Crippen molar-refractivity contribution in [3.05, 3.63) is 65.5 Å². The molecule has 162 valence electrons. The first-order chi connectivity index (χ1) is 15.0. The Morgan fingerprint density at radius 3 is 2.52 bits per heavy atom. The van der Waals surface area contributed by atoms with E-state index in [1.54, 1.807) is 12.1 Å². The Morgan fingerprint density at radius 2 is 1.77 bits per heavy atom. The van der Waals surface area contributed by atoms with Crippen LogP contribution < -0.4 is 10.2 Å². The summed E-state index contributed by atoms with van der Waals surface area (Å²) < 4.78 is 19.3. The van der Waals surface area contributed by atoms with Gasteiger partial charge in [-0.25, -0.2) is 9.18 Å². The summed E-state index contributed by atoms with van der Waals surface area (Å²) in [6.45, 7) is 1.60. The Hall–Kier alpha value is -2.89. The van der Waals surface area contributed by atoms with Gasteiger partial charge in [0.15, 0.2) is 0 Å². The van der Waals surface area contributed by atoms with Crippen LogP contribution in [0.15, 0.2) is 48.5 Å². The van der Waals surface area contributed by atoms with E-state index in [2.05, 4.69) is 10.2 Å². The van der Waals surface area contributed by atoms with Crippen molar-refractivity contribution in [1.29, 1.82) is 0 Å². The van der Waals surface area contributed by atoms with E-state index in [1.807, 2.05) is 30.3 Å². The number of carbonyl (C=O) groups excluding carboxylic acids is 2. The molecule has 1 saturated heterocycles. The molecular weight excluding hydrogens is 395 g/mol. The van der Waals surface area contributed by atoms with Gasteiger partial charge in [0.05, 0.1) is 5.56 Å². The zero-order valence-corrected chi connectivity index (χ0v) is 17.5. The second kappa shape index (κ2) is 7.98. The van der Waals surface area contributed by atoms with Gasteiger partial charge in [0, 0.05) is 36.3 Å². The summed E-state index contributed by atoms with van der Waals surface area (Å²) >= 11 is 0. The SMILES string of the molecule is O=C1O[C@]2(CC[C@H](C(=O)NC3CCN(c4cccc(F)c4)CC3)CC2)c2ccccc21. The number of hydrogen-bond donors (Lipinski definition) is 1. The highest BCUT2D eigenvalue weighted by molar-refractivity contribution is 5.94. The lowest BCUT2D eigenvalue weighted by atomic mass is 9.74. The zero-order valence-electron chi connectivity index (χ0n) is 17.5. The zero-order chi connectivity index (χ0) is 21.4. The number of amides is 1. The van der Waals surface area contributed by atoms with Crippen molar-refractivity contribution in [3.63, 3.8) is 0 Å². The van der Waals surface area contributed by atoms with E-state index in [0.29, 0.717) is 18.4 Å². The standard InChI is InChI=1S/C25H27FN2O3/c26-18-4-3-5-20(16-18)28-14-10-19(11-15-28)27-23(29)17-8-12-25(13-9-17)22-7-2-1-6-21(22)24(30)31-25/h1-7,16-17,19H,8-15H2,(H,27,29)/t17-,25-. The minimum atomic E-state index is -0.555. The minimum Gasteiger partial charge on any atom is -0.451 e. The number of esters is 1. The topological polar surface area (TPSA) is 58.6 Å². The van der Waals surface area contributed by atoms with Crippen LogP contribution in [0.5, 0.6) is 0 Å². The van der Waals surface area contributed by atoms with Gasteiger partial charge in [-0.1, -0.05) is 24.3 Å². The molecule has 1 spiro atoms. The molecule has 2 aromatic rings. The number of nitrogens with one attached hydrogen (secondary N) is 1. The molecule has 1 amide bonds. The first-order valence-corrected chi connectivity index (χ1v) is 11.2. The molecule has 1 saturated carbocycles. The van der Waals surface area contributed by atoms with Crippen LogP contribution in [-0.2, 0) is 15.1 Å². The van der Waals surface area contributed by atoms with Gasteiger partial charge < -0.3 is 15.0 Å². The molecule has 1 N–H and O–H groups in total. The number of nitrogens with zero attached hydrogens (tertiary/aromatic N) is 1. The Kier molecular flexibility index (Phi) is 5.16. The van der Waals surface area contributed by atoms with Gasteiger partial charge in [-0.15, -0.1) is 0 Å². The second-order valence-electron chi connectivity index (χ2n) is 8.95. The molecule has 0 bridgehead atoms. The number of benzene rings is 2. The predicted octanol–water partition coefficient (Wildman–Crippen LogP) is 4.17. The molecule has 6 heteroatoms. The van der Waals surface area contributed by atoms with E-state index in [1.165, 1.54) is 6.07 Å². The third-order valence-electron chi connectivity index (χ3n) is 7.10. The molecule has 0 unspecified atom stereocenters. The van der Waals surface area contributed by atoms with E-state index >= 15 is 0 Å². The van der Waals surface area contributed by atoms with Crippen molar-refractivity contribution in [2.75, 3.05) is 18.0 Å². The minimum absolute atomic E-state index is 0.0432. The van der Waals surface area contributed by atoms with Crippen LogP contribution in [0.1, 0.15) is 54.4 Å². The van der Waals surface area contributed by atoms with Crippen LogP contribution in [0.4, 0.5) is 10.1 Å². The van der Waals surface area contributed by atoms with Gasteiger partial charge in [0.1, 0.15) is 11.4 Å². The first kappa shape index (κ1) is 20.0. The Labute approximate surface area is 181 Å². The summed E-state index contributed by atoms with van der Waals surface area (Å²) in [6.07, 6.45) is 4.51. The summed E-state index contributed by atoms with van der Waals surface area (Å²) in [7, 11) is 0. The van der Waals surface area contributed by atoms with Gasteiger partial charge in [-0.05, 0) is 62.8 Å². The van der Waals surface area contributed by atoms with Crippen molar-refractivity contribution in [2.45, 2.75) is 50.2 Å². The molecule has 0 aromatic heterocycles. The maximum atomic E-state index is 13.5. The van der Waals surface area contributed by atoms with Crippen molar-refractivity contribution in [2.24, 2.45) is 5.92 Å². The van der Waals surface area contributed by atoms with Gasteiger partial charge in [-0.3, -0.25) is 4.79 Å². The maximum Gasteiger partial charge on any atom is 0.339 e. The molecule has 2 heterocycles. The molecule has 5 nitrogen and oxygen atoms in total. The van der Waals surface area contributed by atoms with Crippen LogP contribution in [0.3, 0.4) is 0 Å². The lowest BCUT2D eigenvalue weighted by Gasteiger charge is -2.37. The predicted molar refractivity (Wildman–Crippen MR) is 115 cm³/mol. The third kappa shape index (κ3) is 3.80. The average Bonchev–Trinajstić information content (AvgIpc) is 3.06. The maximum absolute atomic E-state index is 13.5. The average molecular weight is 423 g/mol. The molecule has 1 aliphatic carbocycles. The Morgan fingerprint density at radius 1 is 1.03 bits per heavy atom. The van der Waals surface area contributed by atoms with Crippen molar-refractivity contribution < 1.29 is 18.7 Å². The fourth-order valence-corrected chi connectivity index (χ4v) is 5.34. The van der Waals surface area contributed by atoms with E-state index in [-0.39, 0.29) is 29.7 Å². The monoisotopic (exact) mass is 422 g/mol. The smallest absolute Gasteiger partial charge is 0.339 e. The quantitative estimate of drug-likeness (QED) is 0.755. The number of halogens is 1. The highest BCUT2D eigenvalue weighted by atomic mass is 19.1. The van der Waals surface area contributed by atoms with Gasteiger partial charge in [0.25, 0.3) is 0 Å². The van der Waals surface area contributed by atoms with Crippen LogP contribution in [0.25, 0.3) is 0 Å². The van der Waals surface area contributed by atoms with Crippen LogP contribution in [-0.4, -0.2) is 31.0 Å². The molecular formula is C25H27FN2O3. The molecule has 0 atom stereocenters.